The van der Waals surface area contributed by atoms with Crippen LogP contribution in [0.15, 0.2) is 74.8 Å². The van der Waals surface area contributed by atoms with Gasteiger partial charge in [0.2, 0.25) is 5.82 Å². The van der Waals surface area contributed by atoms with Crippen molar-refractivity contribution in [3.05, 3.63) is 75.7 Å². The summed E-state index contributed by atoms with van der Waals surface area (Å²) in [4.78, 5) is 0. The van der Waals surface area contributed by atoms with Gasteiger partial charge in [-0.1, -0.05) is 65.9 Å². The fourth-order valence-corrected chi connectivity index (χ4v) is 2.84. The molecule has 4 rings (SSSR count). The number of rotatable bonds is 1. The number of allylic oxidation sites excluding steroid dienone is 1. The van der Waals surface area contributed by atoms with Crippen molar-refractivity contribution in [2.45, 2.75) is 12.8 Å². The Morgan fingerprint density at radius 3 is 2.39 bits per heavy atom. The van der Waals surface area contributed by atoms with Gasteiger partial charge in [-0.2, -0.15) is 0 Å². The van der Waals surface area contributed by atoms with Crippen molar-refractivity contribution in [2.24, 2.45) is 20.7 Å². The minimum Gasteiger partial charge on any atom is -0.872 e. The monoisotopic (exact) mass is 301 g/mol. The fourth-order valence-electron chi connectivity index (χ4n) is 2.84. The summed E-state index contributed by atoms with van der Waals surface area (Å²) in [5, 5.41) is 29.0. The van der Waals surface area contributed by atoms with Gasteiger partial charge in [0.05, 0.1) is 0 Å². The Labute approximate surface area is 132 Å². The predicted molar refractivity (Wildman–Crippen MR) is 85.0 cm³/mol. The first-order chi connectivity index (χ1) is 11.3. The van der Waals surface area contributed by atoms with Crippen LogP contribution in [0.3, 0.4) is 0 Å². The van der Waals surface area contributed by atoms with Gasteiger partial charge in [-0.15, -0.1) is 10.2 Å². The highest BCUT2D eigenvalue weighted by Gasteiger charge is 2.10. The zero-order valence-corrected chi connectivity index (χ0v) is 12.3. The second-order valence-corrected chi connectivity index (χ2v) is 5.48. The van der Waals surface area contributed by atoms with Crippen LogP contribution in [0.25, 0.3) is 17.7 Å². The molecule has 0 saturated carbocycles. The van der Waals surface area contributed by atoms with Crippen LogP contribution in [0.2, 0.25) is 0 Å². The molecule has 2 aromatic carbocycles. The van der Waals surface area contributed by atoms with Crippen LogP contribution in [-0.4, -0.2) is 0 Å². The molecule has 1 aliphatic heterocycles. The normalized spacial score (nSPS) is 15.9. The van der Waals surface area contributed by atoms with Gasteiger partial charge in [-0.3, -0.25) is 0 Å². The lowest BCUT2D eigenvalue weighted by Gasteiger charge is -2.25. The highest BCUT2D eigenvalue weighted by molar-refractivity contribution is 5.73. The summed E-state index contributed by atoms with van der Waals surface area (Å²) in [5.41, 5.74) is 2.81. The lowest BCUT2D eigenvalue weighted by Crippen LogP contribution is -2.15. The molecule has 5 heteroatoms. The second-order valence-electron chi connectivity index (χ2n) is 5.48. The van der Waals surface area contributed by atoms with Crippen molar-refractivity contribution in [2.75, 3.05) is 0 Å². The van der Waals surface area contributed by atoms with Gasteiger partial charge in [0.25, 0.3) is 0 Å². The number of benzene rings is 2. The van der Waals surface area contributed by atoms with E-state index in [-0.39, 0.29) is 5.76 Å². The van der Waals surface area contributed by atoms with E-state index in [1.807, 2.05) is 54.6 Å². The zero-order valence-electron chi connectivity index (χ0n) is 12.3. The van der Waals surface area contributed by atoms with Crippen molar-refractivity contribution in [3.63, 3.8) is 0 Å². The van der Waals surface area contributed by atoms with Crippen molar-refractivity contribution in [3.8, 4) is 0 Å². The lowest BCUT2D eigenvalue weighted by molar-refractivity contribution is -0.245. The van der Waals surface area contributed by atoms with Gasteiger partial charge in [0, 0.05) is 5.22 Å². The number of fused-ring (bicyclic) bond motifs is 1. The van der Waals surface area contributed by atoms with Crippen LogP contribution in [0, 0.1) is 0 Å². The van der Waals surface area contributed by atoms with E-state index in [0.717, 1.165) is 40.0 Å². The minimum absolute atomic E-state index is 0.128. The van der Waals surface area contributed by atoms with Crippen molar-refractivity contribution < 1.29 is 5.11 Å². The molecule has 23 heavy (non-hydrogen) atoms. The van der Waals surface area contributed by atoms with Crippen LogP contribution in [0.4, 0.5) is 0 Å². The third-order valence-corrected chi connectivity index (χ3v) is 4.05. The van der Waals surface area contributed by atoms with E-state index < -0.39 is 0 Å². The van der Waals surface area contributed by atoms with E-state index in [1.54, 1.807) is 0 Å². The Bertz CT molecular complexity index is 949. The molecular weight excluding hydrogens is 288 g/mol. The first-order valence-electron chi connectivity index (χ1n) is 7.43. The minimum atomic E-state index is 0.128. The summed E-state index contributed by atoms with van der Waals surface area (Å²) < 4.78 is 0. The van der Waals surface area contributed by atoms with Crippen molar-refractivity contribution >= 4 is 17.7 Å². The molecule has 0 amide bonds. The lowest BCUT2D eigenvalue weighted by atomic mass is 9.90. The smallest absolute Gasteiger partial charge is 0.207 e. The Morgan fingerprint density at radius 2 is 1.61 bits per heavy atom. The van der Waals surface area contributed by atoms with E-state index in [4.69, 9.17) is 0 Å². The van der Waals surface area contributed by atoms with Gasteiger partial charge >= 0.3 is 0 Å². The molecule has 2 aromatic rings. The highest BCUT2D eigenvalue weighted by atomic mass is 16.3. The van der Waals surface area contributed by atoms with E-state index in [9.17, 15) is 5.11 Å². The maximum atomic E-state index is 12.6. The number of hydrogen-bond acceptors (Lipinski definition) is 5. The Hall–Kier alpha value is -3.08. The topological polar surface area (TPSA) is 72.5 Å². The maximum Gasteiger partial charge on any atom is 0.207 e. The Balaban J connectivity index is 1.75. The molecule has 0 spiro atoms. The van der Waals surface area contributed by atoms with Gasteiger partial charge in [-0.25, -0.2) is 0 Å². The van der Waals surface area contributed by atoms with Gasteiger partial charge < -0.3 is 5.11 Å². The molecule has 0 aromatic heterocycles. The predicted octanol–water partition coefficient (Wildman–Crippen LogP) is 2.08. The van der Waals surface area contributed by atoms with E-state index in [0.29, 0.717) is 5.82 Å². The highest BCUT2D eigenvalue weighted by Crippen LogP contribution is 2.28. The Morgan fingerprint density at radius 1 is 0.870 bits per heavy atom. The maximum absolute atomic E-state index is 12.6. The zero-order chi connectivity index (χ0) is 15.6. The molecule has 0 radical (unpaired) electrons. The third-order valence-electron chi connectivity index (χ3n) is 4.05. The number of aryl methyl sites for hydroxylation is 1. The average Bonchev–Trinajstić information content (AvgIpc) is 3.13. The number of hydrogen-bond donors (Lipinski definition) is 0. The largest absolute Gasteiger partial charge is 0.872 e. The molecule has 2 aliphatic rings. The van der Waals surface area contributed by atoms with Gasteiger partial charge in [0.15, 0.2) is 0 Å². The molecule has 0 N–H and O–H groups in total. The molecule has 5 nitrogen and oxygen atoms in total. The van der Waals surface area contributed by atoms with E-state index in [1.165, 1.54) is 0 Å². The van der Waals surface area contributed by atoms with E-state index >= 15 is 0 Å². The fraction of sp³-hybridized carbons (Fsp3) is 0.111. The van der Waals surface area contributed by atoms with Crippen LogP contribution in [0.1, 0.15) is 17.5 Å². The van der Waals surface area contributed by atoms with Crippen LogP contribution >= 0.6 is 0 Å². The summed E-state index contributed by atoms with van der Waals surface area (Å²) in [7, 11) is 0. The molecule has 0 saturated heterocycles. The molecule has 0 unspecified atom stereocenters. The van der Waals surface area contributed by atoms with Crippen LogP contribution in [-0.2, 0) is 6.42 Å². The molecule has 0 bridgehead atoms. The van der Waals surface area contributed by atoms with Crippen molar-refractivity contribution in [1.82, 2.24) is 0 Å². The van der Waals surface area contributed by atoms with Crippen LogP contribution in [0.5, 0.6) is 0 Å². The molecule has 1 heterocycles. The Kier molecular flexibility index (Phi) is 3.31. The molecular formula is C18H13N4O-. The SMILES string of the molecule is [O-]C1=C(C=c2ccc(=C3N=NN=N3)cc2)CCc2ccccc21. The summed E-state index contributed by atoms with van der Waals surface area (Å²) in [6.45, 7) is 0. The molecule has 0 atom stereocenters. The molecule has 1 aliphatic carbocycles. The average molecular weight is 301 g/mol. The van der Waals surface area contributed by atoms with E-state index in [2.05, 4.69) is 20.7 Å². The first-order valence-corrected chi connectivity index (χ1v) is 7.43. The van der Waals surface area contributed by atoms with Gasteiger partial charge in [0.1, 0.15) is 0 Å². The molecule has 112 valence electrons. The summed E-state index contributed by atoms with van der Waals surface area (Å²) in [6.07, 6.45) is 3.65. The quantitative estimate of drug-likeness (QED) is 0.795. The standard InChI is InChI=1S/C18H14N4O/c23-17-15(10-9-13-3-1-2-4-16(13)17)11-12-5-7-14(8-6-12)18-19-21-22-20-18/h1-8,11,23H,9-10H2/p-1. The summed E-state index contributed by atoms with van der Waals surface area (Å²) >= 11 is 0. The van der Waals surface area contributed by atoms with Gasteiger partial charge in [-0.05, 0) is 39.6 Å². The number of nitrogens with zero attached hydrogens (tertiary/aromatic N) is 4. The third kappa shape index (κ3) is 2.57. The summed E-state index contributed by atoms with van der Waals surface area (Å²) in [5.74, 6) is 0.635. The first kappa shape index (κ1) is 13.6. The molecule has 0 fully saturated rings. The van der Waals surface area contributed by atoms with Crippen LogP contribution < -0.4 is 15.5 Å². The summed E-state index contributed by atoms with van der Waals surface area (Å²) in [6, 6.07) is 15.5. The second kappa shape index (κ2) is 5.61. The van der Waals surface area contributed by atoms with Crippen molar-refractivity contribution in [1.29, 1.82) is 0 Å².